The van der Waals surface area contributed by atoms with Crippen molar-refractivity contribution >= 4 is 32.4 Å². The molecule has 0 fully saturated rings. The van der Waals surface area contributed by atoms with Gasteiger partial charge >= 0.3 is 0 Å². The second-order valence-corrected chi connectivity index (χ2v) is 6.17. The van der Waals surface area contributed by atoms with E-state index in [4.69, 9.17) is 5.26 Å². The maximum atomic E-state index is 9.02. The molecule has 0 aliphatic rings. The molecule has 2 aromatic carbocycles. The monoisotopic (exact) mass is 316 g/mol. The van der Waals surface area contributed by atoms with Crippen molar-refractivity contribution < 1.29 is 0 Å². The summed E-state index contributed by atoms with van der Waals surface area (Å²) in [6.07, 6.45) is 0.827. The van der Waals surface area contributed by atoms with Crippen LogP contribution >= 0.6 is 15.9 Å². The standard InChI is InChI=1S/C16H17BrN2/c1-16(2,11-18)9-10-19-15-8-7-14(17)12-5-3-4-6-13(12)15/h3-8,19H,9-10H2,1-2H3. The largest absolute Gasteiger partial charge is 0.384 e. The van der Waals surface area contributed by atoms with Crippen molar-refractivity contribution in [2.45, 2.75) is 20.3 Å². The third kappa shape index (κ3) is 3.27. The number of fused-ring (bicyclic) bond motifs is 1. The highest BCUT2D eigenvalue weighted by atomic mass is 79.9. The summed E-state index contributed by atoms with van der Waals surface area (Å²) in [5.74, 6) is 0. The van der Waals surface area contributed by atoms with Crippen LogP contribution in [0.3, 0.4) is 0 Å². The van der Waals surface area contributed by atoms with Gasteiger partial charge in [0, 0.05) is 22.1 Å². The molecule has 0 unspecified atom stereocenters. The molecule has 0 heterocycles. The van der Waals surface area contributed by atoms with E-state index in [2.05, 4.69) is 51.6 Å². The number of nitrogens with one attached hydrogen (secondary N) is 1. The van der Waals surface area contributed by atoms with Crippen LogP contribution in [0.15, 0.2) is 40.9 Å². The Hall–Kier alpha value is -1.53. The zero-order valence-electron chi connectivity index (χ0n) is 11.2. The second kappa shape index (κ2) is 5.63. The highest BCUT2D eigenvalue weighted by Crippen LogP contribution is 2.30. The lowest BCUT2D eigenvalue weighted by Gasteiger charge is -2.17. The summed E-state index contributed by atoms with van der Waals surface area (Å²) in [6.45, 7) is 4.73. The number of benzene rings is 2. The molecule has 0 bridgehead atoms. The number of nitriles is 1. The highest BCUT2D eigenvalue weighted by molar-refractivity contribution is 9.10. The van der Waals surface area contributed by atoms with Crippen LogP contribution in [0.5, 0.6) is 0 Å². The second-order valence-electron chi connectivity index (χ2n) is 5.31. The molecule has 2 rings (SSSR count). The molecule has 19 heavy (non-hydrogen) atoms. The lowest BCUT2D eigenvalue weighted by atomic mass is 9.91. The van der Waals surface area contributed by atoms with Gasteiger partial charge in [-0.3, -0.25) is 0 Å². The summed E-state index contributed by atoms with van der Waals surface area (Å²) >= 11 is 3.57. The number of nitrogens with zero attached hydrogens (tertiary/aromatic N) is 1. The molecule has 1 N–H and O–H groups in total. The van der Waals surface area contributed by atoms with Crippen LogP contribution in [0.4, 0.5) is 5.69 Å². The minimum atomic E-state index is -0.280. The van der Waals surface area contributed by atoms with E-state index in [1.807, 2.05) is 26.0 Å². The molecule has 0 spiro atoms. The molecule has 0 aliphatic carbocycles. The van der Waals surface area contributed by atoms with Crippen LogP contribution in [-0.2, 0) is 0 Å². The SMILES string of the molecule is CC(C)(C#N)CCNc1ccc(Br)c2ccccc12. The van der Waals surface area contributed by atoms with E-state index < -0.39 is 0 Å². The van der Waals surface area contributed by atoms with Crippen molar-refractivity contribution in [1.82, 2.24) is 0 Å². The minimum absolute atomic E-state index is 0.280. The van der Waals surface area contributed by atoms with E-state index in [-0.39, 0.29) is 5.41 Å². The fourth-order valence-corrected chi connectivity index (χ4v) is 2.46. The first-order valence-corrected chi connectivity index (χ1v) is 7.15. The molecule has 0 saturated heterocycles. The summed E-state index contributed by atoms with van der Waals surface area (Å²) < 4.78 is 1.10. The first-order chi connectivity index (χ1) is 9.03. The smallest absolute Gasteiger partial charge is 0.0684 e. The topological polar surface area (TPSA) is 35.8 Å². The van der Waals surface area contributed by atoms with Crippen molar-refractivity contribution in [1.29, 1.82) is 5.26 Å². The van der Waals surface area contributed by atoms with E-state index in [1.54, 1.807) is 0 Å². The van der Waals surface area contributed by atoms with Crippen LogP contribution in [0, 0.1) is 16.7 Å². The van der Waals surface area contributed by atoms with Crippen molar-refractivity contribution in [2.24, 2.45) is 5.41 Å². The van der Waals surface area contributed by atoms with E-state index in [0.717, 1.165) is 23.1 Å². The maximum absolute atomic E-state index is 9.02. The molecule has 0 saturated carbocycles. The summed E-state index contributed by atoms with van der Waals surface area (Å²) in [4.78, 5) is 0. The normalized spacial score (nSPS) is 11.3. The van der Waals surface area contributed by atoms with Crippen molar-refractivity contribution in [2.75, 3.05) is 11.9 Å². The molecule has 3 heteroatoms. The summed E-state index contributed by atoms with van der Waals surface area (Å²) in [5, 5.41) is 14.9. The Morgan fingerprint density at radius 3 is 2.53 bits per heavy atom. The van der Waals surface area contributed by atoms with Gasteiger partial charge in [-0.05, 0) is 37.8 Å². The van der Waals surface area contributed by atoms with Gasteiger partial charge in [0.25, 0.3) is 0 Å². The van der Waals surface area contributed by atoms with E-state index in [0.29, 0.717) is 0 Å². The van der Waals surface area contributed by atoms with Gasteiger partial charge in [0.05, 0.1) is 11.5 Å². The van der Waals surface area contributed by atoms with Crippen molar-refractivity contribution in [3.63, 3.8) is 0 Å². The molecule has 0 amide bonds. The Morgan fingerprint density at radius 1 is 1.16 bits per heavy atom. The molecule has 0 aromatic heterocycles. The fourth-order valence-electron chi connectivity index (χ4n) is 1.98. The van der Waals surface area contributed by atoms with Crippen LogP contribution in [0.1, 0.15) is 20.3 Å². The Morgan fingerprint density at radius 2 is 1.84 bits per heavy atom. The molecular weight excluding hydrogens is 300 g/mol. The summed E-state index contributed by atoms with van der Waals surface area (Å²) in [5.41, 5.74) is 0.838. The van der Waals surface area contributed by atoms with Crippen LogP contribution in [-0.4, -0.2) is 6.54 Å². The van der Waals surface area contributed by atoms with Crippen molar-refractivity contribution in [3.05, 3.63) is 40.9 Å². The van der Waals surface area contributed by atoms with E-state index in [1.165, 1.54) is 10.8 Å². The average Bonchev–Trinajstić information content (AvgIpc) is 2.42. The number of hydrogen-bond acceptors (Lipinski definition) is 2. The average molecular weight is 317 g/mol. The number of rotatable bonds is 4. The van der Waals surface area contributed by atoms with Gasteiger partial charge < -0.3 is 5.32 Å². The minimum Gasteiger partial charge on any atom is -0.384 e. The lowest BCUT2D eigenvalue weighted by molar-refractivity contribution is 0.467. The van der Waals surface area contributed by atoms with Crippen LogP contribution < -0.4 is 5.32 Å². The molecule has 0 radical (unpaired) electrons. The van der Waals surface area contributed by atoms with Gasteiger partial charge in [-0.25, -0.2) is 0 Å². The molecule has 2 nitrogen and oxygen atoms in total. The van der Waals surface area contributed by atoms with Gasteiger partial charge in [-0.1, -0.05) is 40.2 Å². The molecule has 2 aromatic rings. The quantitative estimate of drug-likeness (QED) is 0.865. The van der Waals surface area contributed by atoms with E-state index in [9.17, 15) is 0 Å². The van der Waals surface area contributed by atoms with Gasteiger partial charge in [0.2, 0.25) is 0 Å². The number of anilines is 1. The predicted molar refractivity (Wildman–Crippen MR) is 84.1 cm³/mol. The third-order valence-electron chi connectivity index (χ3n) is 3.24. The van der Waals surface area contributed by atoms with Gasteiger partial charge in [-0.2, -0.15) is 5.26 Å². The maximum Gasteiger partial charge on any atom is 0.0684 e. The molecular formula is C16H17BrN2. The zero-order chi connectivity index (χ0) is 13.9. The van der Waals surface area contributed by atoms with Gasteiger partial charge in [-0.15, -0.1) is 0 Å². The first-order valence-electron chi connectivity index (χ1n) is 6.36. The zero-order valence-corrected chi connectivity index (χ0v) is 12.8. The Labute approximate surface area is 122 Å². The Bertz CT molecular complexity index is 626. The van der Waals surface area contributed by atoms with E-state index >= 15 is 0 Å². The Kier molecular flexibility index (Phi) is 4.11. The van der Waals surface area contributed by atoms with Crippen molar-refractivity contribution in [3.8, 4) is 6.07 Å². The summed E-state index contributed by atoms with van der Waals surface area (Å²) in [6, 6.07) is 14.7. The van der Waals surface area contributed by atoms with Crippen LogP contribution in [0.2, 0.25) is 0 Å². The Balaban J connectivity index is 2.18. The van der Waals surface area contributed by atoms with Gasteiger partial charge in [0.15, 0.2) is 0 Å². The molecule has 0 aliphatic heterocycles. The lowest BCUT2D eigenvalue weighted by Crippen LogP contribution is -2.14. The fraction of sp³-hybridized carbons (Fsp3) is 0.312. The van der Waals surface area contributed by atoms with Crippen LogP contribution in [0.25, 0.3) is 10.8 Å². The third-order valence-corrected chi connectivity index (χ3v) is 3.93. The van der Waals surface area contributed by atoms with Gasteiger partial charge in [0.1, 0.15) is 0 Å². The number of halogens is 1. The highest BCUT2D eigenvalue weighted by Gasteiger charge is 2.15. The molecule has 98 valence electrons. The predicted octanol–water partition coefficient (Wildman–Crippen LogP) is 4.95. The number of hydrogen-bond donors (Lipinski definition) is 1. The first kappa shape index (κ1) is 13.9. The molecule has 0 atom stereocenters. The summed E-state index contributed by atoms with van der Waals surface area (Å²) in [7, 11) is 0.